The van der Waals surface area contributed by atoms with Crippen molar-refractivity contribution in [1.29, 1.82) is 0 Å². The summed E-state index contributed by atoms with van der Waals surface area (Å²) in [5.41, 5.74) is 0.755. The number of allylic oxidation sites excluding steroid dienone is 1. The zero-order valence-corrected chi connectivity index (χ0v) is 12.1. The minimum atomic E-state index is -0.455. The summed E-state index contributed by atoms with van der Waals surface area (Å²) in [5, 5.41) is 0. The van der Waals surface area contributed by atoms with Gasteiger partial charge >= 0.3 is 11.9 Å². The molecule has 0 aliphatic heterocycles. The third-order valence-electron chi connectivity index (χ3n) is 3.33. The predicted octanol–water partition coefficient (Wildman–Crippen LogP) is 2.64. The van der Waals surface area contributed by atoms with Crippen molar-refractivity contribution in [1.82, 2.24) is 0 Å². The number of carbonyl (C=O) groups is 2. The van der Waals surface area contributed by atoms with E-state index in [9.17, 15) is 9.59 Å². The molecule has 106 valence electrons. The second-order valence-electron chi connectivity index (χ2n) is 4.73. The van der Waals surface area contributed by atoms with Gasteiger partial charge in [-0.3, -0.25) is 0 Å². The molecule has 2 unspecified atom stereocenters. The maximum absolute atomic E-state index is 12.0. The van der Waals surface area contributed by atoms with Crippen molar-refractivity contribution in [2.45, 2.75) is 34.1 Å². The van der Waals surface area contributed by atoms with Crippen LogP contribution >= 0.6 is 0 Å². The van der Waals surface area contributed by atoms with Crippen LogP contribution in [0.3, 0.4) is 0 Å². The molecule has 0 heterocycles. The third kappa shape index (κ3) is 3.94. The summed E-state index contributed by atoms with van der Waals surface area (Å²) < 4.78 is 10.1. The summed E-state index contributed by atoms with van der Waals surface area (Å²) >= 11 is 0. The van der Waals surface area contributed by atoms with E-state index in [4.69, 9.17) is 9.47 Å². The summed E-state index contributed by atoms with van der Waals surface area (Å²) in [5.74, 6) is -0.293. The van der Waals surface area contributed by atoms with Crippen molar-refractivity contribution in [2.75, 3.05) is 13.2 Å². The van der Waals surface area contributed by atoms with Gasteiger partial charge in [-0.2, -0.15) is 0 Å². The molecule has 0 N–H and O–H groups in total. The quantitative estimate of drug-likeness (QED) is 0.734. The molecule has 0 fully saturated rings. The fourth-order valence-corrected chi connectivity index (χ4v) is 1.97. The predicted molar refractivity (Wildman–Crippen MR) is 72.4 cm³/mol. The van der Waals surface area contributed by atoms with Crippen molar-refractivity contribution in [2.24, 2.45) is 11.8 Å². The summed E-state index contributed by atoms with van der Waals surface area (Å²) in [6.07, 6.45) is 4.17. The standard InChI is InChI=1S/C15H22O4/c1-5-18-14(16)12-8-7-10(3)11(4)9-13(12)15(17)19-6-2/h7-8,10-11H,5-6,9H2,1-4H3. The molecule has 1 aliphatic rings. The molecule has 1 aliphatic carbocycles. The molecule has 0 bridgehead atoms. The lowest BCUT2D eigenvalue weighted by Crippen LogP contribution is -2.17. The molecular weight excluding hydrogens is 244 g/mol. The lowest BCUT2D eigenvalue weighted by atomic mass is 9.91. The van der Waals surface area contributed by atoms with Crippen LogP contribution in [0.1, 0.15) is 34.1 Å². The van der Waals surface area contributed by atoms with Gasteiger partial charge in [0.1, 0.15) is 0 Å². The van der Waals surface area contributed by atoms with Gasteiger partial charge in [0.25, 0.3) is 0 Å². The van der Waals surface area contributed by atoms with Crippen LogP contribution in [0.15, 0.2) is 23.3 Å². The number of carbonyl (C=O) groups excluding carboxylic acids is 2. The second kappa shape index (κ2) is 7.12. The van der Waals surface area contributed by atoms with Gasteiger partial charge in [-0.05, 0) is 32.1 Å². The first-order chi connectivity index (χ1) is 9.01. The van der Waals surface area contributed by atoms with Crippen molar-refractivity contribution in [3.63, 3.8) is 0 Å². The molecule has 0 saturated carbocycles. The van der Waals surface area contributed by atoms with E-state index in [1.807, 2.05) is 6.08 Å². The van der Waals surface area contributed by atoms with Crippen molar-refractivity contribution in [3.05, 3.63) is 23.3 Å². The molecule has 0 aromatic heterocycles. The molecule has 0 amide bonds. The fourth-order valence-electron chi connectivity index (χ4n) is 1.97. The van der Waals surface area contributed by atoms with E-state index in [1.165, 1.54) is 0 Å². The molecular formula is C15H22O4. The Bertz CT molecular complexity index is 406. The number of esters is 2. The monoisotopic (exact) mass is 266 g/mol. The lowest BCUT2D eigenvalue weighted by Gasteiger charge is -2.16. The van der Waals surface area contributed by atoms with Crippen LogP contribution in [-0.2, 0) is 19.1 Å². The summed E-state index contributed by atoms with van der Waals surface area (Å²) in [6, 6.07) is 0. The largest absolute Gasteiger partial charge is 0.463 e. The summed E-state index contributed by atoms with van der Waals surface area (Å²) in [4.78, 5) is 23.9. The summed E-state index contributed by atoms with van der Waals surface area (Å²) in [6.45, 7) is 8.21. The first-order valence-corrected chi connectivity index (χ1v) is 6.76. The average molecular weight is 266 g/mol. The van der Waals surface area contributed by atoms with Gasteiger partial charge in [0.2, 0.25) is 0 Å². The average Bonchev–Trinajstić information content (AvgIpc) is 2.51. The molecule has 2 atom stereocenters. The number of hydrogen-bond donors (Lipinski definition) is 0. The van der Waals surface area contributed by atoms with Crippen LogP contribution in [-0.4, -0.2) is 25.2 Å². The molecule has 0 spiro atoms. The van der Waals surface area contributed by atoms with Gasteiger partial charge in [-0.25, -0.2) is 9.59 Å². The van der Waals surface area contributed by atoms with Gasteiger partial charge in [0.05, 0.1) is 24.4 Å². The first-order valence-electron chi connectivity index (χ1n) is 6.76. The van der Waals surface area contributed by atoms with E-state index < -0.39 is 11.9 Å². The Morgan fingerprint density at radius 3 is 2.32 bits per heavy atom. The van der Waals surface area contributed by atoms with Crippen LogP contribution in [0.2, 0.25) is 0 Å². The van der Waals surface area contributed by atoms with Gasteiger partial charge < -0.3 is 9.47 Å². The Labute approximate surface area is 114 Å². The van der Waals surface area contributed by atoms with Gasteiger partial charge in [-0.15, -0.1) is 0 Å². The molecule has 4 heteroatoms. The van der Waals surface area contributed by atoms with Crippen molar-refractivity contribution in [3.8, 4) is 0 Å². The fraction of sp³-hybridized carbons (Fsp3) is 0.600. The Hall–Kier alpha value is -1.58. The van der Waals surface area contributed by atoms with E-state index in [1.54, 1.807) is 19.9 Å². The van der Waals surface area contributed by atoms with Gasteiger partial charge in [0, 0.05) is 0 Å². The van der Waals surface area contributed by atoms with E-state index in [0.717, 1.165) is 0 Å². The normalized spacial score (nSPS) is 22.9. The van der Waals surface area contributed by atoms with Gasteiger partial charge in [0.15, 0.2) is 0 Å². The highest BCUT2D eigenvalue weighted by atomic mass is 16.5. The molecule has 0 aromatic rings. The van der Waals surface area contributed by atoms with E-state index in [0.29, 0.717) is 30.1 Å². The molecule has 19 heavy (non-hydrogen) atoms. The molecule has 0 saturated heterocycles. The highest BCUT2D eigenvalue weighted by Gasteiger charge is 2.27. The molecule has 0 aromatic carbocycles. The Kier molecular flexibility index (Phi) is 5.80. The molecule has 1 rings (SSSR count). The summed E-state index contributed by atoms with van der Waals surface area (Å²) in [7, 11) is 0. The van der Waals surface area contributed by atoms with Crippen LogP contribution < -0.4 is 0 Å². The molecule has 4 nitrogen and oxygen atoms in total. The zero-order valence-electron chi connectivity index (χ0n) is 12.1. The Balaban J connectivity index is 3.13. The maximum Gasteiger partial charge on any atom is 0.338 e. The Morgan fingerprint density at radius 1 is 1.16 bits per heavy atom. The van der Waals surface area contributed by atoms with E-state index in [-0.39, 0.29) is 12.5 Å². The topological polar surface area (TPSA) is 52.6 Å². The van der Waals surface area contributed by atoms with Crippen molar-refractivity contribution >= 4 is 11.9 Å². The number of ether oxygens (including phenoxy) is 2. The number of hydrogen-bond acceptors (Lipinski definition) is 4. The number of rotatable bonds is 4. The Morgan fingerprint density at radius 2 is 1.74 bits per heavy atom. The highest BCUT2D eigenvalue weighted by molar-refractivity contribution is 6.02. The first kappa shape index (κ1) is 15.5. The second-order valence-corrected chi connectivity index (χ2v) is 4.73. The van der Waals surface area contributed by atoms with E-state index in [2.05, 4.69) is 13.8 Å². The van der Waals surface area contributed by atoms with Crippen LogP contribution in [0.5, 0.6) is 0 Å². The lowest BCUT2D eigenvalue weighted by molar-refractivity contribution is -0.141. The van der Waals surface area contributed by atoms with Gasteiger partial charge in [-0.1, -0.05) is 26.0 Å². The smallest absolute Gasteiger partial charge is 0.338 e. The minimum absolute atomic E-state index is 0.280. The third-order valence-corrected chi connectivity index (χ3v) is 3.33. The SMILES string of the molecule is CCOC(=O)C1=C(C(=O)OCC)CC(C)C(C)C=C1. The van der Waals surface area contributed by atoms with E-state index >= 15 is 0 Å². The van der Waals surface area contributed by atoms with Crippen LogP contribution in [0.4, 0.5) is 0 Å². The highest BCUT2D eigenvalue weighted by Crippen LogP contribution is 2.28. The maximum atomic E-state index is 12.0. The van der Waals surface area contributed by atoms with Crippen molar-refractivity contribution < 1.29 is 19.1 Å². The van der Waals surface area contributed by atoms with Crippen LogP contribution in [0, 0.1) is 11.8 Å². The van der Waals surface area contributed by atoms with Crippen LogP contribution in [0.25, 0.3) is 0 Å². The zero-order chi connectivity index (χ0) is 14.4. The minimum Gasteiger partial charge on any atom is -0.463 e. The molecule has 0 radical (unpaired) electrons.